The number of fused-ring (bicyclic) bond motifs is 4. The quantitative estimate of drug-likeness (QED) is 0.339. The Morgan fingerprint density at radius 2 is 1.17 bits per heavy atom. The molecule has 0 bridgehead atoms. The first-order chi connectivity index (χ1) is 13.2. The van der Waals surface area contributed by atoms with Gasteiger partial charge in [0.25, 0.3) is 0 Å². The molecule has 148 valence electrons. The number of allylic oxidation sites excluding steroid dienone is 2. The van der Waals surface area contributed by atoms with Crippen LogP contribution < -0.4 is 45.7 Å². The van der Waals surface area contributed by atoms with Crippen molar-refractivity contribution in [2.24, 2.45) is 0 Å². The van der Waals surface area contributed by atoms with E-state index in [9.17, 15) is 0 Å². The third-order valence-corrected chi connectivity index (χ3v) is 8.88. The predicted octanol–water partition coefficient (Wildman–Crippen LogP) is -1.88. The normalized spacial score (nSPS) is 20.9. The minimum atomic E-state index is 0. The number of hydrogen-bond donors (Lipinski definition) is 0. The molecule has 6 rings (SSSR count). The average Bonchev–Trinajstić information content (AvgIpc) is 3.32. The molecule has 2 heterocycles. The van der Waals surface area contributed by atoms with E-state index in [4.69, 9.17) is 0 Å². The molecule has 0 spiro atoms. The van der Waals surface area contributed by atoms with Crippen LogP contribution in [0.1, 0.15) is 0 Å². The Bertz CT molecular complexity index is 1250. The Hall–Kier alpha value is 0.873. The van der Waals surface area contributed by atoms with Crippen molar-refractivity contribution < 1.29 is 51.0 Å². The summed E-state index contributed by atoms with van der Waals surface area (Å²) in [4.78, 5) is 2.58. The molecular formula is C22H10Br2Cl2S3Zr. The summed E-state index contributed by atoms with van der Waals surface area (Å²) in [6.45, 7) is 0. The van der Waals surface area contributed by atoms with E-state index in [2.05, 4.69) is 91.2 Å². The Morgan fingerprint density at radius 3 is 1.60 bits per heavy atom. The molecule has 2 aromatic rings. The summed E-state index contributed by atoms with van der Waals surface area (Å²) in [6.07, 6.45) is 11.7. The molecule has 30 heavy (non-hydrogen) atoms. The number of hydrogen-bond acceptors (Lipinski definition) is 3. The molecule has 0 radical (unpaired) electrons. The zero-order chi connectivity index (χ0) is 18.1. The van der Waals surface area contributed by atoms with Crippen LogP contribution in [0.15, 0.2) is 53.8 Å². The summed E-state index contributed by atoms with van der Waals surface area (Å²) < 4.78 is 2.25. The van der Waals surface area contributed by atoms with Gasteiger partial charge in [0.05, 0.1) is 0 Å². The molecule has 0 saturated heterocycles. The second kappa shape index (κ2) is 10.0. The first-order valence-electron chi connectivity index (χ1n) is 8.44. The molecule has 2 unspecified atom stereocenters. The predicted molar refractivity (Wildman–Crippen MR) is 125 cm³/mol. The molecule has 0 aromatic heterocycles. The van der Waals surface area contributed by atoms with Gasteiger partial charge in [0.2, 0.25) is 0 Å². The van der Waals surface area contributed by atoms with Gasteiger partial charge in [0.15, 0.2) is 0 Å². The van der Waals surface area contributed by atoms with E-state index >= 15 is 0 Å². The Balaban J connectivity index is 0.000000853. The van der Waals surface area contributed by atoms with Crippen molar-refractivity contribution in [3.63, 3.8) is 0 Å². The van der Waals surface area contributed by atoms with E-state index in [-0.39, 0.29) is 51.0 Å². The second-order valence-electron chi connectivity index (χ2n) is 6.64. The Kier molecular flexibility index (Phi) is 8.51. The van der Waals surface area contributed by atoms with Gasteiger partial charge in [-0.3, -0.25) is 0 Å². The SMILES string of the molecule is Brc1cc(Sc2cc(Br)cc3c2=C2[C-]=CSC2C=3)c2c(c1)=CC1SC=[C-]C=21.[Cl-].[Cl-].[Zr+4]. The van der Waals surface area contributed by atoms with E-state index in [0.717, 1.165) is 8.95 Å². The molecule has 0 saturated carbocycles. The maximum absolute atomic E-state index is 3.71. The minimum absolute atomic E-state index is 0. The molecule has 2 aliphatic carbocycles. The average molecular weight is 692 g/mol. The van der Waals surface area contributed by atoms with Gasteiger partial charge in [0, 0.05) is 19.4 Å². The van der Waals surface area contributed by atoms with Crippen LogP contribution in [0.5, 0.6) is 0 Å². The van der Waals surface area contributed by atoms with Crippen molar-refractivity contribution in [2.75, 3.05) is 0 Å². The topological polar surface area (TPSA) is 0 Å². The van der Waals surface area contributed by atoms with Crippen molar-refractivity contribution >= 4 is 90.4 Å². The first kappa shape index (κ1) is 25.5. The van der Waals surface area contributed by atoms with Gasteiger partial charge in [-0.1, -0.05) is 78.1 Å². The molecule has 8 heteroatoms. The molecule has 2 atom stereocenters. The minimum Gasteiger partial charge on any atom is -1.00 e. The maximum Gasteiger partial charge on any atom is 4.00 e. The summed E-state index contributed by atoms with van der Waals surface area (Å²) >= 11 is 13.0. The van der Waals surface area contributed by atoms with Crippen molar-refractivity contribution in [2.45, 2.75) is 20.3 Å². The van der Waals surface area contributed by atoms with Gasteiger partial charge in [0.1, 0.15) is 0 Å². The summed E-state index contributed by atoms with van der Waals surface area (Å²) in [6, 6.07) is 8.94. The smallest absolute Gasteiger partial charge is 1.00 e. The standard InChI is InChI=1S/C22H10Br2S3.2ClH.Zr/c23-13-5-11-7-17-15(1-3-25-17)21(11)19(9-13)27-20-10-14(24)6-12-8-18-16(22(12)20)2-4-26-18;;;/h3-10,17-18H;2*1H;/q-2;;;+4/p-2. The zero-order valence-corrected chi connectivity index (χ0v) is 24.6. The van der Waals surface area contributed by atoms with Crippen LogP contribution in [-0.4, -0.2) is 10.5 Å². The van der Waals surface area contributed by atoms with Crippen LogP contribution in [0.3, 0.4) is 0 Å². The molecule has 0 N–H and O–H groups in total. The van der Waals surface area contributed by atoms with Crippen LogP contribution in [-0.2, 0) is 26.2 Å². The fraction of sp³-hybridized carbons (Fsp3) is 0.0909. The Labute approximate surface area is 236 Å². The van der Waals surface area contributed by atoms with Crippen LogP contribution in [0.2, 0.25) is 0 Å². The third-order valence-electron chi connectivity index (χ3n) is 5.04. The van der Waals surface area contributed by atoms with Crippen LogP contribution in [0.4, 0.5) is 0 Å². The monoisotopic (exact) mass is 688 g/mol. The fourth-order valence-electron chi connectivity index (χ4n) is 3.97. The second-order valence-corrected chi connectivity index (χ2v) is 11.6. The van der Waals surface area contributed by atoms with E-state index in [0.29, 0.717) is 10.5 Å². The summed E-state index contributed by atoms with van der Waals surface area (Å²) in [5, 5.41) is 10.3. The molecule has 0 nitrogen and oxygen atoms in total. The van der Waals surface area contributed by atoms with Crippen molar-refractivity contribution in [1.29, 1.82) is 0 Å². The first-order valence-corrected chi connectivity index (χ1v) is 12.7. The van der Waals surface area contributed by atoms with Crippen molar-refractivity contribution in [3.8, 4) is 0 Å². The van der Waals surface area contributed by atoms with Crippen LogP contribution in [0, 0.1) is 12.2 Å². The van der Waals surface area contributed by atoms with E-state index in [1.807, 2.05) is 35.3 Å². The van der Waals surface area contributed by atoms with E-state index < -0.39 is 0 Å². The van der Waals surface area contributed by atoms with Crippen LogP contribution in [0.25, 0.3) is 23.3 Å². The largest absolute Gasteiger partial charge is 4.00 e. The molecule has 2 aromatic carbocycles. The fourth-order valence-corrected chi connectivity index (χ4v) is 8.27. The third kappa shape index (κ3) is 4.22. The van der Waals surface area contributed by atoms with Gasteiger partial charge < -0.3 is 24.8 Å². The molecule has 2 aliphatic heterocycles. The number of thioether (sulfide) groups is 2. The van der Waals surface area contributed by atoms with E-state index in [1.54, 1.807) is 0 Å². The van der Waals surface area contributed by atoms with Crippen molar-refractivity contribution in [3.05, 3.63) is 77.1 Å². The summed E-state index contributed by atoms with van der Waals surface area (Å²) in [5.41, 5.74) is 2.63. The zero-order valence-electron chi connectivity index (χ0n) is 15.0. The van der Waals surface area contributed by atoms with E-state index in [1.165, 1.54) is 41.8 Å². The van der Waals surface area contributed by atoms with Gasteiger partial charge in [-0.15, -0.1) is 67.0 Å². The summed E-state index contributed by atoms with van der Waals surface area (Å²) in [5.74, 6) is 0. The molecule has 0 amide bonds. The Morgan fingerprint density at radius 1 is 0.733 bits per heavy atom. The molecule has 0 fully saturated rings. The van der Waals surface area contributed by atoms with Gasteiger partial charge in [-0.2, -0.15) is 11.1 Å². The number of rotatable bonds is 2. The molecule has 4 aliphatic rings. The maximum atomic E-state index is 3.71. The number of benzene rings is 2. The summed E-state index contributed by atoms with van der Waals surface area (Å²) in [7, 11) is 0. The van der Waals surface area contributed by atoms with Crippen LogP contribution >= 0.6 is 67.1 Å². The van der Waals surface area contributed by atoms with Gasteiger partial charge in [-0.05, 0) is 0 Å². The van der Waals surface area contributed by atoms with Gasteiger partial charge >= 0.3 is 26.2 Å². The molecular weight excluding hydrogens is 682 g/mol. The van der Waals surface area contributed by atoms with Gasteiger partial charge in [-0.25, -0.2) is 12.2 Å². The number of halogens is 4. The van der Waals surface area contributed by atoms with Crippen molar-refractivity contribution in [1.82, 2.24) is 0 Å².